The van der Waals surface area contributed by atoms with E-state index in [0.29, 0.717) is 11.7 Å². The van der Waals surface area contributed by atoms with Gasteiger partial charge in [-0.1, -0.05) is 6.58 Å². The summed E-state index contributed by atoms with van der Waals surface area (Å²) in [5.41, 5.74) is 7.28. The topological polar surface area (TPSA) is 45.4 Å². The number of piperidine rings is 1. The minimum absolute atomic E-state index is 0. The highest BCUT2D eigenvalue weighted by Gasteiger charge is 2.21. The number of rotatable bonds is 3. The average Bonchev–Trinajstić information content (AvgIpc) is 2.39. The average molecular weight is 248 g/mol. The van der Waals surface area contributed by atoms with E-state index in [2.05, 4.69) is 35.5 Å². The van der Waals surface area contributed by atoms with Gasteiger partial charge >= 0.3 is 0 Å². The Morgan fingerprint density at radius 1 is 1.56 bits per heavy atom. The molecule has 1 fully saturated rings. The van der Waals surface area contributed by atoms with Gasteiger partial charge in [0.25, 0.3) is 0 Å². The molecule has 0 bridgehead atoms. The lowest BCUT2D eigenvalue weighted by Gasteiger charge is -2.35. The van der Waals surface area contributed by atoms with Gasteiger partial charge in [0.2, 0.25) is 0 Å². The molecule has 0 aliphatic carbocycles. The molecule has 1 aromatic heterocycles. The fourth-order valence-corrected chi connectivity index (χ4v) is 2.38. The van der Waals surface area contributed by atoms with E-state index in [4.69, 9.17) is 5.73 Å². The van der Waals surface area contributed by atoms with Crippen LogP contribution >= 0.6 is 0 Å². The van der Waals surface area contributed by atoms with Crippen LogP contribution in [-0.4, -0.2) is 43.1 Å². The summed E-state index contributed by atoms with van der Waals surface area (Å²) in [6.07, 6.45) is 4.17. The monoisotopic (exact) mass is 248 g/mol. The van der Waals surface area contributed by atoms with Gasteiger partial charge in [0.05, 0.1) is 0 Å². The third-order valence-corrected chi connectivity index (χ3v) is 3.71. The molecule has 2 heterocycles. The Labute approximate surface area is 111 Å². The molecule has 0 radical (unpaired) electrons. The molecule has 0 aromatic carbocycles. The van der Waals surface area contributed by atoms with E-state index in [1.54, 1.807) is 6.20 Å². The lowest BCUT2D eigenvalue weighted by molar-refractivity contribution is 0.252. The number of anilines is 1. The van der Waals surface area contributed by atoms with Crippen molar-refractivity contribution in [3.63, 3.8) is 0 Å². The standard InChI is InChI=1S/C14H22N4.H2/c1-11(15)12-4-7-16-14(10-12)18(3)13-5-8-17(2)9-6-13;/h4,7,10,13H,1,5-6,8-9,15H2,2-3H3;1H. The van der Waals surface area contributed by atoms with E-state index in [0.717, 1.165) is 24.5 Å². The van der Waals surface area contributed by atoms with Crippen LogP contribution in [0.15, 0.2) is 24.9 Å². The largest absolute Gasteiger partial charge is 0.399 e. The fraction of sp³-hybridized carbons (Fsp3) is 0.500. The molecular formula is C14H24N4. The Morgan fingerprint density at radius 3 is 2.83 bits per heavy atom. The lowest BCUT2D eigenvalue weighted by Crippen LogP contribution is -2.42. The number of aromatic nitrogens is 1. The van der Waals surface area contributed by atoms with E-state index in [-0.39, 0.29) is 1.43 Å². The van der Waals surface area contributed by atoms with E-state index >= 15 is 0 Å². The third-order valence-electron chi connectivity index (χ3n) is 3.71. The number of hydrogen-bond donors (Lipinski definition) is 1. The van der Waals surface area contributed by atoms with Crippen molar-refractivity contribution in [1.82, 2.24) is 9.88 Å². The van der Waals surface area contributed by atoms with Crippen molar-refractivity contribution >= 4 is 11.5 Å². The smallest absolute Gasteiger partial charge is 0.129 e. The van der Waals surface area contributed by atoms with Crippen LogP contribution < -0.4 is 10.6 Å². The Morgan fingerprint density at radius 2 is 2.22 bits per heavy atom. The molecular weight excluding hydrogens is 224 g/mol. The molecule has 0 unspecified atom stereocenters. The molecule has 1 aliphatic heterocycles. The summed E-state index contributed by atoms with van der Waals surface area (Å²) in [4.78, 5) is 9.07. The molecule has 1 aliphatic rings. The first-order valence-electron chi connectivity index (χ1n) is 6.40. The van der Waals surface area contributed by atoms with Crippen molar-refractivity contribution in [2.24, 2.45) is 5.73 Å². The van der Waals surface area contributed by atoms with Crippen LogP contribution in [0.3, 0.4) is 0 Å². The predicted molar refractivity (Wildman–Crippen MR) is 78.5 cm³/mol. The van der Waals surface area contributed by atoms with Crippen molar-refractivity contribution in [2.75, 3.05) is 32.1 Å². The predicted octanol–water partition coefficient (Wildman–Crippen LogP) is 1.79. The van der Waals surface area contributed by atoms with E-state index in [9.17, 15) is 0 Å². The molecule has 2 rings (SSSR count). The van der Waals surface area contributed by atoms with Crippen molar-refractivity contribution in [3.05, 3.63) is 30.5 Å². The summed E-state index contributed by atoms with van der Waals surface area (Å²) in [5, 5.41) is 0. The Kier molecular flexibility index (Phi) is 3.87. The SMILES string of the molecule is C=C(N)c1ccnc(N(C)C2CCN(C)CC2)c1.[HH]. The third kappa shape index (κ3) is 2.82. The van der Waals surface area contributed by atoms with Gasteiger partial charge in [-0.05, 0) is 45.1 Å². The van der Waals surface area contributed by atoms with Gasteiger partial charge in [-0.3, -0.25) is 0 Å². The normalized spacial score (nSPS) is 17.7. The molecule has 4 heteroatoms. The Balaban J connectivity index is 0.00000180. The van der Waals surface area contributed by atoms with Crippen molar-refractivity contribution in [3.8, 4) is 0 Å². The second-order valence-electron chi connectivity index (χ2n) is 5.07. The van der Waals surface area contributed by atoms with Crippen molar-refractivity contribution in [2.45, 2.75) is 18.9 Å². The number of hydrogen-bond acceptors (Lipinski definition) is 4. The minimum atomic E-state index is 0. The van der Waals surface area contributed by atoms with Crippen LogP contribution in [0.2, 0.25) is 0 Å². The molecule has 1 aromatic rings. The molecule has 1 saturated heterocycles. The van der Waals surface area contributed by atoms with Crippen LogP contribution in [0.5, 0.6) is 0 Å². The van der Waals surface area contributed by atoms with Gasteiger partial charge < -0.3 is 15.5 Å². The molecule has 18 heavy (non-hydrogen) atoms. The molecule has 0 spiro atoms. The van der Waals surface area contributed by atoms with Gasteiger partial charge in [0.15, 0.2) is 0 Å². The zero-order chi connectivity index (χ0) is 13.1. The van der Waals surface area contributed by atoms with Crippen LogP contribution in [0.4, 0.5) is 5.82 Å². The maximum atomic E-state index is 5.73. The Hall–Kier alpha value is -1.55. The summed E-state index contributed by atoms with van der Waals surface area (Å²) in [6, 6.07) is 4.48. The van der Waals surface area contributed by atoms with Crippen LogP contribution in [0, 0.1) is 0 Å². The summed E-state index contributed by atoms with van der Waals surface area (Å²) in [6.45, 7) is 6.08. The highest BCUT2D eigenvalue weighted by atomic mass is 15.2. The molecule has 0 amide bonds. The first kappa shape index (κ1) is 12.9. The van der Waals surface area contributed by atoms with Gasteiger partial charge in [-0.15, -0.1) is 0 Å². The molecule has 4 nitrogen and oxygen atoms in total. The number of pyridine rings is 1. The van der Waals surface area contributed by atoms with Gasteiger partial charge in [-0.25, -0.2) is 4.98 Å². The molecule has 2 N–H and O–H groups in total. The van der Waals surface area contributed by atoms with Crippen molar-refractivity contribution < 1.29 is 1.43 Å². The maximum absolute atomic E-state index is 5.73. The zero-order valence-electron chi connectivity index (χ0n) is 11.3. The minimum Gasteiger partial charge on any atom is -0.399 e. The maximum Gasteiger partial charge on any atom is 0.129 e. The van der Waals surface area contributed by atoms with Crippen LogP contribution in [0.25, 0.3) is 5.70 Å². The second-order valence-corrected chi connectivity index (χ2v) is 5.07. The number of likely N-dealkylation sites (tertiary alicyclic amines) is 1. The van der Waals surface area contributed by atoms with E-state index < -0.39 is 0 Å². The van der Waals surface area contributed by atoms with E-state index in [1.165, 1.54) is 12.8 Å². The summed E-state index contributed by atoms with van der Waals surface area (Å²) < 4.78 is 0. The zero-order valence-corrected chi connectivity index (χ0v) is 11.3. The van der Waals surface area contributed by atoms with Gasteiger partial charge in [0.1, 0.15) is 5.82 Å². The molecule has 0 saturated carbocycles. The Bertz CT molecular complexity index is 427. The molecule has 0 atom stereocenters. The first-order valence-corrected chi connectivity index (χ1v) is 6.40. The second kappa shape index (κ2) is 5.40. The van der Waals surface area contributed by atoms with Crippen LogP contribution in [0.1, 0.15) is 19.8 Å². The molecule has 100 valence electrons. The highest BCUT2D eigenvalue weighted by Crippen LogP contribution is 2.21. The fourth-order valence-electron chi connectivity index (χ4n) is 2.38. The lowest BCUT2D eigenvalue weighted by atomic mass is 10.0. The van der Waals surface area contributed by atoms with Gasteiger partial charge in [0, 0.05) is 32.0 Å². The van der Waals surface area contributed by atoms with Crippen LogP contribution in [-0.2, 0) is 0 Å². The summed E-state index contributed by atoms with van der Waals surface area (Å²) >= 11 is 0. The number of nitrogens with zero attached hydrogens (tertiary/aromatic N) is 3. The van der Waals surface area contributed by atoms with Gasteiger partial charge in [-0.2, -0.15) is 0 Å². The summed E-state index contributed by atoms with van der Waals surface area (Å²) in [7, 11) is 4.29. The summed E-state index contributed by atoms with van der Waals surface area (Å²) in [5.74, 6) is 0.980. The highest BCUT2D eigenvalue weighted by molar-refractivity contribution is 5.63. The van der Waals surface area contributed by atoms with Crippen molar-refractivity contribution in [1.29, 1.82) is 0 Å². The van der Waals surface area contributed by atoms with E-state index in [1.807, 2.05) is 12.1 Å². The quantitative estimate of drug-likeness (QED) is 0.886. The number of nitrogens with two attached hydrogens (primary N) is 1. The first-order chi connectivity index (χ1) is 8.58.